The number of fused-ring (bicyclic) bond motifs is 1. The van der Waals surface area contributed by atoms with Crippen LogP contribution in [0.2, 0.25) is 0 Å². The Morgan fingerprint density at radius 3 is 2.96 bits per heavy atom. The van der Waals surface area contributed by atoms with Crippen molar-refractivity contribution in [2.75, 3.05) is 45.9 Å². The number of nitrogens with one attached hydrogen (secondary N) is 1. The van der Waals surface area contributed by atoms with Crippen LogP contribution in [0.15, 0.2) is 41.8 Å². The fourth-order valence-corrected chi connectivity index (χ4v) is 3.74. The van der Waals surface area contributed by atoms with E-state index >= 15 is 0 Å². The van der Waals surface area contributed by atoms with Gasteiger partial charge in [0.05, 0.1) is 13.2 Å². The molecule has 2 aliphatic heterocycles. The molecule has 2 aromatic heterocycles. The Kier molecular flexibility index (Phi) is 5.06. The molecular formula is C19H23ClN4O. The molecule has 5 nitrogen and oxygen atoms in total. The van der Waals surface area contributed by atoms with Crippen molar-refractivity contribution in [2.45, 2.75) is 6.42 Å². The summed E-state index contributed by atoms with van der Waals surface area (Å²) in [6, 6.07) is 4.05. The lowest BCUT2D eigenvalue weighted by molar-refractivity contribution is 0.0366. The molecule has 0 aromatic carbocycles. The minimum atomic E-state index is 0.817. The second-order valence-electron chi connectivity index (χ2n) is 6.48. The summed E-state index contributed by atoms with van der Waals surface area (Å²) in [6.45, 7) is 6.73. The zero-order valence-electron chi connectivity index (χ0n) is 14.2. The Labute approximate surface area is 152 Å². The van der Waals surface area contributed by atoms with E-state index in [0.29, 0.717) is 0 Å². The average Bonchev–Trinajstić information content (AvgIpc) is 3.08. The van der Waals surface area contributed by atoms with Crippen molar-refractivity contribution in [3.8, 4) is 0 Å². The van der Waals surface area contributed by atoms with Crippen molar-refractivity contribution >= 4 is 28.2 Å². The highest BCUT2D eigenvalue weighted by Crippen LogP contribution is 2.29. The first-order valence-corrected chi connectivity index (χ1v) is 9.24. The maximum absolute atomic E-state index is 6.55. The molecule has 1 fully saturated rings. The minimum absolute atomic E-state index is 0.817. The Morgan fingerprint density at radius 2 is 2.12 bits per heavy atom. The van der Waals surface area contributed by atoms with E-state index in [4.69, 9.17) is 16.3 Å². The van der Waals surface area contributed by atoms with Crippen LogP contribution >= 0.6 is 11.6 Å². The van der Waals surface area contributed by atoms with Gasteiger partial charge in [-0.05, 0) is 30.2 Å². The number of hydrogen-bond acceptors (Lipinski definition) is 4. The van der Waals surface area contributed by atoms with Crippen molar-refractivity contribution in [3.63, 3.8) is 0 Å². The SMILES string of the molecule is ClC1=CC(c2c[nH]c3ncccc23)=CCN1CCCN1CCOCC1. The van der Waals surface area contributed by atoms with E-state index in [2.05, 4.69) is 38.0 Å². The third-order valence-corrected chi connectivity index (χ3v) is 5.22. The van der Waals surface area contributed by atoms with Gasteiger partial charge in [-0.1, -0.05) is 17.7 Å². The molecule has 132 valence electrons. The maximum Gasteiger partial charge on any atom is 0.137 e. The number of rotatable bonds is 5. The molecule has 1 saturated heterocycles. The van der Waals surface area contributed by atoms with Gasteiger partial charge in [-0.2, -0.15) is 0 Å². The molecule has 0 aliphatic carbocycles. The van der Waals surface area contributed by atoms with Crippen molar-refractivity contribution in [2.24, 2.45) is 0 Å². The van der Waals surface area contributed by atoms with Gasteiger partial charge in [-0.3, -0.25) is 4.90 Å². The molecule has 0 radical (unpaired) electrons. The summed E-state index contributed by atoms with van der Waals surface area (Å²) < 4.78 is 5.39. The van der Waals surface area contributed by atoms with Gasteiger partial charge in [0.25, 0.3) is 0 Å². The van der Waals surface area contributed by atoms with Crippen LogP contribution in [0.25, 0.3) is 16.6 Å². The summed E-state index contributed by atoms with van der Waals surface area (Å²) in [5.41, 5.74) is 3.23. The van der Waals surface area contributed by atoms with Crippen LogP contribution in [0.1, 0.15) is 12.0 Å². The summed E-state index contributed by atoms with van der Waals surface area (Å²) in [4.78, 5) is 12.3. The smallest absolute Gasteiger partial charge is 0.137 e. The lowest BCUT2D eigenvalue weighted by Gasteiger charge is -2.29. The minimum Gasteiger partial charge on any atom is -0.379 e. The molecule has 0 bridgehead atoms. The van der Waals surface area contributed by atoms with Crippen molar-refractivity contribution in [1.29, 1.82) is 0 Å². The highest BCUT2D eigenvalue weighted by atomic mass is 35.5. The quantitative estimate of drug-likeness (QED) is 0.834. The maximum atomic E-state index is 6.55. The summed E-state index contributed by atoms with van der Waals surface area (Å²) in [5, 5.41) is 1.95. The van der Waals surface area contributed by atoms with Gasteiger partial charge in [-0.15, -0.1) is 0 Å². The largest absolute Gasteiger partial charge is 0.379 e. The number of aromatic amines is 1. The fourth-order valence-electron chi connectivity index (χ4n) is 3.46. The number of morpholine rings is 1. The van der Waals surface area contributed by atoms with Gasteiger partial charge in [0.2, 0.25) is 0 Å². The van der Waals surface area contributed by atoms with Crippen molar-refractivity contribution < 1.29 is 4.74 Å². The monoisotopic (exact) mass is 358 g/mol. The van der Waals surface area contributed by atoms with E-state index in [1.165, 1.54) is 0 Å². The lowest BCUT2D eigenvalue weighted by Crippen LogP contribution is -2.38. The number of hydrogen-bond donors (Lipinski definition) is 1. The zero-order chi connectivity index (χ0) is 17.1. The van der Waals surface area contributed by atoms with Crippen LogP contribution in [0.5, 0.6) is 0 Å². The third-order valence-electron chi connectivity index (χ3n) is 4.88. The topological polar surface area (TPSA) is 44.4 Å². The second kappa shape index (κ2) is 7.60. The predicted molar refractivity (Wildman–Crippen MR) is 101 cm³/mol. The van der Waals surface area contributed by atoms with Crippen LogP contribution in [-0.4, -0.2) is 65.7 Å². The van der Waals surface area contributed by atoms with Crippen LogP contribution in [0.4, 0.5) is 0 Å². The van der Waals surface area contributed by atoms with E-state index in [1.54, 1.807) is 6.20 Å². The van der Waals surface area contributed by atoms with Gasteiger partial charge in [0.15, 0.2) is 0 Å². The molecule has 6 heteroatoms. The molecule has 0 unspecified atom stereocenters. The van der Waals surface area contributed by atoms with Gasteiger partial charge >= 0.3 is 0 Å². The number of ether oxygens (including phenoxy) is 1. The molecule has 25 heavy (non-hydrogen) atoms. The van der Waals surface area contributed by atoms with Crippen LogP contribution < -0.4 is 0 Å². The molecule has 2 aliphatic rings. The molecule has 0 atom stereocenters. The number of nitrogens with zero attached hydrogens (tertiary/aromatic N) is 3. The van der Waals surface area contributed by atoms with E-state index < -0.39 is 0 Å². The first-order chi connectivity index (χ1) is 12.3. The van der Waals surface area contributed by atoms with Gasteiger partial charge in [0, 0.05) is 56.1 Å². The molecule has 4 rings (SSSR count). The van der Waals surface area contributed by atoms with E-state index in [9.17, 15) is 0 Å². The summed E-state index contributed by atoms with van der Waals surface area (Å²) >= 11 is 6.55. The van der Waals surface area contributed by atoms with Crippen LogP contribution in [0.3, 0.4) is 0 Å². The number of halogens is 1. The first-order valence-electron chi connectivity index (χ1n) is 8.86. The Balaban J connectivity index is 1.37. The van der Waals surface area contributed by atoms with Gasteiger partial charge < -0.3 is 14.6 Å². The predicted octanol–water partition coefficient (Wildman–Crippen LogP) is 3.06. The number of pyridine rings is 1. The molecule has 0 spiro atoms. The second-order valence-corrected chi connectivity index (χ2v) is 6.87. The summed E-state index contributed by atoms with van der Waals surface area (Å²) in [5.74, 6) is 0. The molecule has 1 N–H and O–H groups in total. The van der Waals surface area contributed by atoms with Crippen LogP contribution in [0, 0.1) is 0 Å². The van der Waals surface area contributed by atoms with Gasteiger partial charge in [-0.25, -0.2) is 4.98 Å². The number of aromatic nitrogens is 2. The molecular weight excluding hydrogens is 336 g/mol. The first kappa shape index (κ1) is 16.6. The van der Waals surface area contributed by atoms with Crippen molar-refractivity contribution in [3.05, 3.63) is 47.4 Å². The van der Waals surface area contributed by atoms with Gasteiger partial charge in [0.1, 0.15) is 10.8 Å². The molecule has 0 saturated carbocycles. The fraction of sp³-hybridized carbons (Fsp3) is 0.421. The molecule has 0 amide bonds. The summed E-state index contributed by atoms with van der Waals surface area (Å²) in [6.07, 6.45) is 9.24. The van der Waals surface area contributed by atoms with Crippen molar-refractivity contribution in [1.82, 2.24) is 19.8 Å². The number of allylic oxidation sites excluding steroid dienone is 2. The van der Waals surface area contributed by atoms with E-state index in [1.807, 2.05) is 12.3 Å². The zero-order valence-corrected chi connectivity index (χ0v) is 15.0. The Morgan fingerprint density at radius 1 is 1.24 bits per heavy atom. The average molecular weight is 359 g/mol. The molecule has 2 aromatic rings. The van der Waals surface area contributed by atoms with E-state index in [0.717, 1.165) is 79.7 Å². The highest BCUT2D eigenvalue weighted by molar-refractivity contribution is 6.30. The number of H-pyrrole nitrogens is 1. The standard InChI is InChI=1S/C19H23ClN4O/c20-18-13-15(17-14-22-19-16(17)3-1-5-21-19)4-8-24(18)7-2-6-23-9-11-25-12-10-23/h1,3-5,13-14H,2,6-12H2,(H,21,22). The van der Waals surface area contributed by atoms with Crippen LogP contribution in [-0.2, 0) is 4.74 Å². The van der Waals surface area contributed by atoms with E-state index in [-0.39, 0.29) is 0 Å². The lowest BCUT2D eigenvalue weighted by atomic mass is 10.0. The third kappa shape index (κ3) is 3.73. The normalized spacial score (nSPS) is 19.2. The Bertz CT molecular complexity index is 792. The highest BCUT2D eigenvalue weighted by Gasteiger charge is 2.16. The Hall–Kier alpha value is -1.82. The molecule has 4 heterocycles. The summed E-state index contributed by atoms with van der Waals surface area (Å²) in [7, 11) is 0.